The summed E-state index contributed by atoms with van der Waals surface area (Å²) >= 11 is 0. The number of primary amides is 1. The van der Waals surface area contributed by atoms with Crippen LogP contribution in [0.1, 0.15) is 21.6 Å². The summed E-state index contributed by atoms with van der Waals surface area (Å²) < 4.78 is 10.5. The van der Waals surface area contributed by atoms with Gasteiger partial charge in [0.2, 0.25) is 0 Å². The van der Waals surface area contributed by atoms with Gasteiger partial charge < -0.3 is 25.5 Å². The Morgan fingerprint density at radius 2 is 1.89 bits per heavy atom. The summed E-state index contributed by atoms with van der Waals surface area (Å²) in [6.45, 7) is 3.73. The molecule has 0 aliphatic heterocycles. The monoisotopic (exact) mass is 367 g/mol. The Hall–Kier alpha value is -3.48. The van der Waals surface area contributed by atoms with Crippen molar-refractivity contribution < 1.29 is 19.1 Å². The third-order valence-corrected chi connectivity index (χ3v) is 4.36. The molecule has 2 aromatic carbocycles. The molecule has 3 aromatic rings. The number of anilines is 1. The molecule has 0 aliphatic carbocycles. The zero-order valence-electron chi connectivity index (χ0n) is 15.4. The van der Waals surface area contributed by atoms with Gasteiger partial charge in [-0.3, -0.25) is 9.59 Å². The van der Waals surface area contributed by atoms with Crippen LogP contribution < -0.4 is 20.5 Å². The van der Waals surface area contributed by atoms with Crippen molar-refractivity contribution in [3.63, 3.8) is 0 Å². The molecule has 27 heavy (non-hydrogen) atoms. The minimum absolute atomic E-state index is 0.249. The maximum absolute atomic E-state index is 12.6. The molecular weight excluding hydrogens is 346 g/mol. The second-order valence-electron chi connectivity index (χ2n) is 6.21. The lowest BCUT2D eigenvalue weighted by Crippen LogP contribution is -2.20. The van der Waals surface area contributed by atoms with Crippen LogP contribution in [0.2, 0.25) is 0 Å². The van der Waals surface area contributed by atoms with Gasteiger partial charge in [-0.1, -0.05) is 0 Å². The summed E-state index contributed by atoms with van der Waals surface area (Å²) in [7, 11) is 1.49. The number of nitrogens with two attached hydrogens (primary N) is 1. The molecule has 0 saturated heterocycles. The molecule has 1 aromatic heterocycles. The van der Waals surface area contributed by atoms with E-state index in [1.54, 1.807) is 24.3 Å². The van der Waals surface area contributed by atoms with E-state index >= 15 is 0 Å². The lowest BCUT2D eigenvalue weighted by atomic mass is 10.1. The minimum atomic E-state index is -0.600. The number of aryl methyl sites for hydroxylation is 2. The summed E-state index contributed by atoms with van der Waals surface area (Å²) in [6, 6.07) is 10.4. The average Bonchev–Trinajstić information content (AvgIpc) is 2.93. The number of hydrogen-bond acceptors (Lipinski definition) is 4. The van der Waals surface area contributed by atoms with Gasteiger partial charge in [-0.2, -0.15) is 0 Å². The highest BCUT2D eigenvalue weighted by molar-refractivity contribution is 6.06. The van der Waals surface area contributed by atoms with Crippen LogP contribution in [0.5, 0.6) is 11.5 Å². The van der Waals surface area contributed by atoms with Crippen molar-refractivity contribution in [3.05, 3.63) is 53.2 Å². The van der Waals surface area contributed by atoms with Crippen molar-refractivity contribution in [2.24, 2.45) is 5.73 Å². The molecule has 0 radical (unpaired) electrons. The van der Waals surface area contributed by atoms with Crippen molar-refractivity contribution >= 4 is 28.4 Å². The van der Waals surface area contributed by atoms with Gasteiger partial charge in [0.15, 0.2) is 18.1 Å². The predicted octanol–water partition coefficient (Wildman–Crippen LogP) is 2.91. The van der Waals surface area contributed by atoms with Crippen LogP contribution in [0.4, 0.5) is 5.69 Å². The number of hydrogen-bond donors (Lipinski definition) is 3. The molecular formula is C20H21N3O4. The van der Waals surface area contributed by atoms with Gasteiger partial charge in [0.05, 0.1) is 7.11 Å². The molecule has 140 valence electrons. The van der Waals surface area contributed by atoms with Crippen LogP contribution >= 0.6 is 0 Å². The molecule has 2 amide bonds. The third kappa shape index (κ3) is 3.87. The van der Waals surface area contributed by atoms with Crippen LogP contribution in [-0.4, -0.2) is 30.5 Å². The van der Waals surface area contributed by atoms with Crippen LogP contribution in [0.25, 0.3) is 10.9 Å². The average molecular weight is 367 g/mol. The number of aromatic nitrogens is 1. The molecule has 0 unspecified atom stereocenters. The Morgan fingerprint density at radius 1 is 1.11 bits per heavy atom. The molecule has 3 rings (SSSR count). The third-order valence-electron chi connectivity index (χ3n) is 4.36. The van der Waals surface area contributed by atoms with Gasteiger partial charge in [-0.15, -0.1) is 0 Å². The zero-order valence-corrected chi connectivity index (χ0v) is 15.4. The number of aromatic amines is 1. The first kappa shape index (κ1) is 18.3. The number of carbonyl (C=O) groups excluding carboxylic acids is 2. The Bertz CT molecular complexity index is 1020. The summed E-state index contributed by atoms with van der Waals surface area (Å²) in [5.41, 5.74) is 9.35. The fourth-order valence-corrected chi connectivity index (χ4v) is 2.82. The fourth-order valence-electron chi connectivity index (χ4n) is 2.82. The molecule has 0 aliphatic rings. The van der Waals surface area contributed by atoms with Crippen LogP contribution in [0.3, 0.4) is 0 Å². The van der Waals surface area contributed by atoms with E-state index in [1.165, 1.54) is 7.11 Å². The number of methoxy groups -OCH3 is 1. The van der Waals surface area contributed by atoms with E-state index < -0.39 is 5.91 Å². The van der Waals surface area contributed by atoms with Crippen LogP contribution in [-0.2, 0) is 4.79 Å². The van der Waals surface area contributed by atoms with E-state index in [0.29, 0.717) is 22.7 Å². The molecule has 0 fully saturated rings. The SMILES string of the molecule is COc1ccc(NC(=O)c2ccc3[nH]c(C)c(C)c3c2)cc1OCC(N)=O. The highest BCUT2D eigenvalue weighted by Crippen LogP contribution is 2.30. The van der Waals surface area contributed by atoms with Crippen molar-refractivity contribution in [2.75, 3.05) is 19.0 Å². The normalized spacial score (nSPS) is 10.6. The van der Waals surface area contributed by atoms with Gasteiger partial charge in [0, 0.05) is 33.9 Å². The lowest BCUT2D eigenvalue weighted by Gasteiger charge is -2.12. The van der Waals surface area contributed by atoms with Gasteiger partial charge in [-0.05, 0) is 49.7 Å². The minimum Gasteiger partial charge on any atom is -0.493 e. The number of H-pyrrole nitrogens is 1. The zero-order chi connectivity index (χ0) is 19.6. The number of amides is 2. The smallest absolute Gasteiger partial charge is 0.255 e. The second-order valence-corrected chi connectivity index (χ2v) is 6.21. The van der Waals surface area contributed by atoms with E-state index in [0.717, 1.165) is 22.2 Å². The molecule has 7 nitrogen and oxygen atoms in total. The van der Waals surface area contributed by atoms with Gasteiger partial charge >= 0.3 is 0 Å². The molecule has 4 N–H and O–H groups in total. The molecule has 0 spiro atoms. The number of carbonyl (C=O) groups is 2. The number of rotatable bonds is 6. The van der Waals surface area contributed by atoms with Crippen LogP contribution in [0.15, 0.2) is 36.4 Å². The van der Waals surface area contributed by atoms with E-state index in [1.807, 2.05) is 26.0 Å². The Labute approximate surface area is 156 Å². The number of ether oxygens (including phenoxy) is 2. The van der Waals surface area contributed by atoms with E-state index in [4.69, 9.17) is 15.2 Å². The summed E-state index contributed by atoms with van der Waals surface area (Å²) in [6.07, 6.45) is 0. The highest BCUT2D eigenvalue weighted by Gasteiger charge is 2.12. The molecule has 1 heterocycles. The Morgan fingerprint density at radius 3 is 2.59 bits per heavy atom. The molecule has 0 saturated carbocycles. The maximum Gasteiger partial charge on any atom is 0.255 e. The highest BCUT2D eigenvalue weighted by atomic mass is 16.5. The first-order valence-corrected chi connectivity index (χ1v) is 8.38. The maximum atomic E-state index is 12.6. The number of benzene rings is 2. The predicted molar refractivity (Wildman–Crippen MR) is 103 cm³/mol. The summed E-state index contributed by atoms with van der Waals surface area (Å²) in [4.78, 5) is 26.9. The summed E-state index contributed by atoms with van der Waals surface area (Å²) in [5, 5.41) is 3.84. The molecule has 0 bridgehead atoms. The largest absolute Gasteiger partial charge is 0.493 e. The summed E-state index contributed by atoms with van der Waals surface area (Å²) in [5.74, 6) is -0.0890. The number of fused-ring (bicyclic) bond motifs is 1. The molecule has 7 heteroatoms. The number of nitrogens with one attached hydrogen (secondary N) is 2. The lowest BCUT2D eigenvalue weighted by molar-refractivity contribution is -0.119. The quantitative estimate of drug-likeness (QED) is 0.623. The van der Waals surface area contributed by atoms with E-state index in [9.17, 15) is 9.59 Å². The van der Waals surface area contributed by atoms with Gasteiger partial charge in [-0.25, -0.2) is 0 Å². The Kier molecular flexibility index (Phi) is 5.03. The molecule has 0 atom stereocenters. The first-order valence-electron chi connectivity index (χ1n) is 8.38. The second kappa shape index (κ2) is 7.41. The van der Waals surface area contributed by atoms with Gasteiger partial charge in [0.1, 0.15) is 0 Å². The topological polar surface area (TPSA) is 106 Å². The first-order chi connectivity index (χ1) is 12.9. The van der Waals surface area contributed by atoms with Crippen molar-refractivity contribution in [3.8, 4) is 11.5 Å². The van der Waals surface area contributed by atoms with E-state index in [-0.39, 0.29) is 12.5 Å². The standard InChI is InChI=1S/C20H21N3O4/c1-11-12(2)22-16-6-4-13(8-15(11)16)20(25)23-14-5-7-17(26-3)18(9-14)27-10-19(21)24/h4-9,22H,10H2,1-3H3,(H2,21,24)(H,23,25). The van der Waals surface area contributed by atoms with Gasteiger partial charge in [0.25, 0.3) is 11.8 Å². The Balaban J connectivity index is 1.84. The van der Waals surface area contributed by atoms with Crippen LogP contribution in [0, 0.1) is 13.8 Å². The van der Waals surface area contributed by atoms with Crippen molar-refractivity contribution in [1.29, 1.82) is 0 Å². The van der Waals surface area contributed by atoms with E-state index in [2.05, 4.69) is 10.3 Å². The van der Waals surface area contributed by atoms with Crippen molar-refractivity contribution in [2.45, 2.75) is 13.8 Å². The fraction of sp³-hybridized carbons (Fsp3) is 0.200. The van der Waals surface area contributed by atoms with Crippen molar-refractivity contribution in [1.82, 2.24) is 4.98 Å².